The van der Waals surface area contributed by atoms with Crippen LogP contribution in [0.5, 0.6) is 0 Å². The number of aromatic nitrogens is 5. The molecule has 2 aromatic heterocycles. The van der Waals surface area contributed by atoms with Gasteiger partial charge >= 0.3 is 0 Å². The Balaban J connectivity index is 2.66. The lowest BCUT2D eigenvalue weighted by Crippen LogP contribution is -2.07. The molecule has 0 saturated carbocycles. The van der Waals surface area contributed by atoms with Crippen LogP contribution >= 0.6 is 10.7 Å². The Morgan fingerprint density at radius 2 is 2.12 bits per heavy atom. The van der Waals surface area contributed by atoms with Gasteiger partial charge in [0.2, 0.25) is 0 Å². The van der Waals surface area contributed by atoms with Gasteiger partial charge in [0, 0.05) is 30.5 Å². The third kappa shape index (κ3) is 2.05. The molecule has 2 aromatic rings. The summed E-state index contributed by atoms with van der Waals surface area (Å²) in [5, 5.41) is 11.2. The fourth-order valence-corrected chi connectivity index (χ4v) is 2.50. The highest BCUT2D eigenvalue weighted by Crippen LogP contribution is 2.21. The zero-order valence-electron chi connectivity index (χ0n) is 9.20. The third-order valence-electron chi connectivity index (χ3n) is 2.30. The van der Waals surface area contributed by atoms with Crippen LogP contribution < -0.4 is 0 Å². The van der Waals surface area contributed by atoms with E-state index in [9.17, 15) is 8.42 Å². The third-order valence-corrected chi connectivity index (χ3v) is 3.45. The predicted molar refractivity (Wildman–Crippen MR) is 60.9 cm³/mol. The summed E-state index contributed by atoms with van der Waals surface area (Å²) in [4.78, 5) is 0. The van der Waals surface area contributed by atoms with Gasteiger partial charge in [0.05, 0.1) is 0 Å². The molecule has 0 aliphatic rings. The molecule has 0 aliphatic heterocycles. The van der Waals surface area contributed by atoms with Crippen molar-refractivity contribution in [1.82, 2.24) is 24.5 Å². The van der Waals surface area contributed by atoms with Gasteiger partial charge in [0.25, 0.3) is 14.2 Å². The lowest BCUT2D eigenvalue weighted by Gasteiger charge is -2.05. The van der Waals surface area contributed by atoms with E-state index in [4.69, 9.17) is 10.7 Å². The van der Waals surface area contributed by atoms with Crippen LogP contribution in [0, 0.1) is 0 Å². The predicted octanol–water partition coefficient (Wildman–Crippen LogP) is 0.626. The highest BCUT2D eigenvalue weighted by atomic mass is 35.7. The molecule has 0 saturated heterocycles. The van der Waals surface area contributed by atoms with Crippen LogP contribution in [0.25, 0.3) is 11.5 Å². The fraction of sp³-hybridized carbons (Fsp3) is 0.375. The average molecular weight is 276 g/mol. The molecule has 7 nitrogen and oxygen atoms in total. The summed E-state index contributed by atoms with van der Waals surface area (Å²) in [6, 6.07) is 1.72. The van der Waals surface area contributed by atoms with Crippen LogP contribution in [-0.4, -0.2) is 33.0 Å². The molecule has 0 atom stereocenters. The molecule has 0 unspecified atom stereocenters. The topological polar surface area (TPSA) is 82.7 Å². The number of nitrogens with zero attached hydrogens (tertiary/aromatic N) is 5. The maximum Gasteiger partial charge on any atom is 0.296 e. The standard InChI is InChI=1S/C8H10ClN5O2S/c1-3-14-7(6-4-5-10-13(6)2)11-12-8(14)17(9,15)16/h4-5H,3H2,1-2H3. The Labute approximate surface area is 102 Å². The van der Waals surface area contributed by atoms with E-state index >= 15 is 0 Å². The van der Waals surface area contributed by atoms with Gasteiger partial charge in [-0.3, -0.25) is 9.25 Å². The van der Waals surface area contributed by atoms with Gasteiger partial charge in [-0.2, -0.15) is 5.10 Å². The maximum absolute atomic E-state index is 11.3. The molecule has 9 heteroatoms. The smallest absolute Gasteiger partial charge is 0.296 e. The van der Waals surface area contributed by atoms with Crippen LogP contribution in [0.3, 0.4) is 0 Å². The number of hydrogen-bond acceptors (Lipinski definition) is 5. The van der Waals surface area contributed by atoms with Crippen LogP contribution in [-0.2, 0) is 22.6 Å². The molecule has 0 radical (unpaired) electrons. The molecule has 92 valence electrons. The van der Waals surface area contributed by atoms with E-state index < -0.39 is 9.05 Å². The second-order valence-corrected chi connectivity index (χ2v) is 5.79. The van der Waals surface area contributed by atoms with E-state index in [0.717, 1.165) is 0 Å². The van der Waals surface area contributed by atoms with Gasteiger partial charge in [-0.15, -0.1) is 10.2 Å². The van der Waals surface area contributed by atoms with Crippen molar-refractivity contribution < 1.29 is 8.42 Å². The highest BCUT2D eigenvalue weighted by molar-refractivity contribution is 8.13. The summed E-state index contributed by atoms with van der Waals surface area (Å²) in [6.45, 7) is 2.18. The Bertz CT molecular complexity index is 645. The molecule has 0 fully saturated rings. The first kappa shape index (κ1) is 12.1. The monoisotopic (exact) mass is 275 g/mol. The van der Waals surface area contributed by atoms with Crippen molar-refractivity contribution in [3.8, 4) is 11.5 Å². The average Bonchev–Trinajstić information content (AvgIpc) is 2.81. The maximum atomic E-state index is 11.3. The van der Waals surface area contributed by atoms with E-state index in [2.05, 4.69) is 15.3 Å². The van der Waals surface area contributed by atoms with Gasteiger partial charge in [-0.25, -0.2) is 8.42 Å². The summed E-state index contributed by atoms with van der Waals surface area (Å²) in [5.74, 6) is 0.423. The first-order valence-electron chi connectivity index (χ1n) is 4.81. The molecule has 0 aromatic carbocycles. The van der Waals surface area contributed by atoms with Crippen LogP contribution in [0.15, 0.2) is 17.4 Å². The molecule has 0 N–H and O–H groups in total. The second-order valence-electron chi connectivity index (χ2n) is 3.33. The van der Waals surface area contributed by atoms with Crippen molar-refractivity contribution in [2.45, 2.75) is 18.6 Å². The summed E-state index contributed by atoms with van der Waals surface area (Å²) in [7, 11) is 3.12. The van der Waals surface area contributed by atoms with Crippen LogP contribution in [0.1, 0.15) is 6.92 Å². The molecular formula is C8H10ClN5O2S. The van der Waals surface area contributed by atoms with Crippen LogP contribution in [0.2, 0.25) is 0 Å². The molecule has 0 amide bonds. The minimum atomic E-state index is -3.90. The first-order valence-corrected chi connectivity index (χ1v) is 7.12. The Hall–Kier alpha value is -1.41. The van der Waals surface area contributed by atoms with E-state index in [1.807, 2.05) is 0 Å². The molecule has 17 heavy (non-hydrogen) atoms. The van der Waals surface area contributed by atoms with Gasteiger partial charge in [0.1, 0.15) is 5.69 Å². The second kappa shape index (κ2) is 4.11. The lowest BCUT2D eigenvalue weighted by atomic mass is 10.4. The molecule has 0 spiro atoms. The van der Waals surface area contributed by atoms with Gasteiger partial charge in [0.15, 0.2) is 5.82 Å². The number of rotatable bonds is 3. The Morgan fingerprint density at radius 1 is 1.41 bits per heavy atom. The van der Waals surface area contributed by atoms with Crippen molar-refractivity contribution in [2.24, 2.45) is 7.05 Å². The van der Waals surface area contributed by atoms with Crippen molar-refractivity contribution in [3.63, 3.8) is 0 Å². The van der Waals surface area contributed by atoms with Gasteiger partial charge in [-0.05, 0) is 13.0 Å². The minimum Gasteiger partial charge on any atom is -0.296 e. The van der Waals surface area contributed by atoms with E-state index in [1.165, 1.54) is 4.57 Å². The van der Waals surface area contributed by atoms with Crippen LogP contribution in [0.4, 0.5) is 0 Å². The van der Waals surface area contributed by atoms with E-state index in [0.29, 0.717) is 18.1 Å². The molecule has 0 aliphatic carbocycles. The number of halogens is 1. The number of hydrogen-bond donors (Lipinski definition) is 0. The minimum absolute atomic E-state index is 0.252. The Kier molecular flexibility index (Phi) is 2.92. The van der Waals surface area contributed by atoms with E-state index in [1.54, 1.807) is 30.9 Å². The Morgan fingerprint density at radius 3 is 2.59 bits per heavy atom. The molecule has 2 heterocycles. The van der Waals surface area contributed by atoms with Gasteiger partial charge in [-0.1, -0.05) is 0 Å². The van der Waals surface area contributed by atoms with Crippen molar-refractivity contribution in [2.75, 3.05) is 0 Å². The molecule has 2 rings (SSSR count). The van der Waals surface area contributed by atoms with Crippen molar-refractivity contribution >= 4 is 19.7 Å². The zero-order chi connectivity index (χ0) is 12.6. The highest BCUT2D eigenvalue weighted by Gasteiger charge is 2.23. The first-order chi connectivity index (χ1) is 7.95. The summed E-state index contributed by atoms with van der Waals surface area (Å²) in [6.07, 6.45) is 1.60. The fourth-order valence-electron chi connectivity index (χ4n) is 1.54. The van der Waals surface area contributed by atoms with Crippen molar-refractivity contribution in [3.05, 3.63) is 12.3 Å². The lowest BCUT2D eigenvalue weighted by molar-refractivity contribution is 0.582. The zero-order valence-corrected chi connectivity index (χ0v) is 10.8. The van der Waals surface area contributed by atoms with Gasteiger partial charge < -0.3 is 0 Å². The van der Waals surface area contributed by atoms with Crippen molar-refractivity contribution in [1.29, 1.82) is 0 Å². The molecular weight excluding hydrogens is 266 g/mol. The SMILES string of the molecule is CCn1c(-c2ccnn2C)nnc1S(=O)(=O)Cl. The molecule has 0 bridgehead atoms. The number of aryl methyl sites for hydroxylation is 1. The summed E-state index contributed by atoms with van der Waals surface area (Å²) >= 11 is 0. The van der Waals surface area contributed by atoms with E-state index in [-0.39, 0.29) is 5.16 Å². The normalized spacial score (nSPS) is 11.9. The quantitative estimate of drug-likeness (QED) is 0.767. The summed E-state index contributed by atoms with van der Waals surface area (Å²) in [5.41, 5.74) is 0.672. The largest absolute Gasteiger partial charge is 0.296 e. The summed E-state index contributed by atoms with van der Waals surface area (Å²) < 4.78 is 25.6.